The summed E-state index contributed by atoms with van der Waals surface area (Å²) in [6.07, 6.45) is 8.12. The molecular formula is C13H15N. The van der Waals surface area contributed by atoms with E-state index in [1.165, 1.54) is 11.3 Å². The molecule has 1 N–H and O–H groups in total. The lowest BCUT2D eigenvalue weighted by Crippen LogP contribution is -2.23. The van der Waals surface area contributed by atoms with Crippen molar-refractivity contribution in [2.45, 2.75) is 19.8 Å². The van der Waals surface area contributed by atoms with Crippen LogP contribution < -0.4 is 5.32 Å². The number of allylic oxidation sites excluding steroid dienone is 4. The van der Waals surface area contributed by atoms with Gasteiger partial charge in [-0.3, -0.25) is 0 Å². The molecule has 1 unspecified atom stereocenters. The van der Waals surface area contributed by atoms with Crippen molar-refractivity contribution < 1.29 is 0 Å². The molecule has 0 amide bonds. The number of nitrogens with one attached hydrogen (secondary N) is 1. The van der Waals surface area contributed by atoms with Crippen LogP contribution in [0.25, 0.3) is 0 Å². The summed E-state index contributed by atoms with van der Waals surface area (Å²) in [6.45, 7) is 7.06. The van der Waals surface area contributed by atoms with Gasteiger partial charge >= 0.3 is 0 Å². The van der Waals surface area contributed by atoms with Gasteiger partial charge in [0, 0.05) is 23.2 Å². The van der Waals surface area contributed by atoms with Crippen molar-refractivity contribution in [3.05, 3.63) is 47.5 Å². The van der Waals surface area contributed by atoms with Crippen molar-refractivity contribution in [1.82, 2.24) is 5.32 Å². The maximum Gasteiger partial charge on any atom is 0.0471 e. The quantitative estimate of drug-likeness (QED) is 0.526. The summed E-state index contributed by atoms with van der Waals surface area (Å²) in [5, 5.41) is 3.43. The highest BCUT2D eigenvalue weighted by molar-refractivity contribution is 5.44. The zero-order valence-corrected chi connectivity index (χ0v) is 8.56. The molecule has 1 aliphatic heterocycles. The molecule has 1 fully saturated rings. The standard InChI is InChI=1S/C13H15N/c1-3-9-13(4-2)10-14-12-8-6-5-7-11(12)13/h3,6,8,14H,1,4,9-10H2,2H3. The molecule has 14 heavy (non-hydrogen) atoms. The third-order valence-electron chi connectivity index (χ3n) is 3.16. The summed E-state index contributed by atoms with van der Waals surface area (Å²) in [5.41, 5.74) is 8.98. The van der Waals surface area contributed by atoms with Gasteiger partial charge in [0.05, 0.1) is 0 Å². The summed E-state index contributed by atoms with van der Waals surface area (Å²) in [4.78, 5) is 0. The number of fused-ring (bicyclic) bond motifs is 1. The normalized spacial score (nSPS) is 27.8. The molecule has 1 aliphatic carbocycles. The molecular weight excluding hydrogens is 170 g/mol. The first kappa shape index (κ1) is 9.15. The Kier molecular flexibility index (Phi) is 2.21. The highest BCUT2D eigenvalue weighted by Gasteiger charge is 2.39. The van der Waals surface area contributed by atoms with E-state index in [1.54, 1.807) is 0 Å². The van der Waals surface area contributed by atoms with Gasteiger partial charge in [-0.2, -0.15) is 0 Å². The van der Waals surface area contributed by atoms with Crippen LogP contribution in [0, 0.1) is 5.41 Å². The summed E-state index contributed by atoms with van der Waals surface area (Å²) < 4.78 is 0. The first-order valence-electron chi connectivity index (χ1n) is 5.10. The monoisotopic (exact) mass is 185 g/mol. The highest BCUT2D eigenvalue weighted by Crippen LogP contribution is 2.42. The van der Waals surface area contributed by atoms with E-state index >= 15 is 0 Å². The van der Waals surface area contributed by atoms with Crippen LogP contribution in [0.4, 0.5) is 0 Å². The molecule has 1 saturated heterocycles. The Morgan fingerprint density at radius 2 is 2.57 bits per heavy atom. The molecule has 0 radical (unpaired) electrons. The van der Waals surface area contributed by atoms with E-state index in [0.29, 0.717) is 0 Å². The average Bonchev–Trinajstić information content (AvgIpc) is 2.59. The van der Waals surface area contributed by atoms with Gasteiger partial charge in [-0.25, -0.2) is 0 Å². The van der Waals surface area contributed by atoms with Gasteiger partial charge < -0.3 is 5.32 Å². The van der Waals surface area contributed by atoms with E-state index < -0.39 is 0 Å². The summed E-state index contributed by atoms with van der Waals surface area (Å²) in [6, 6.07) is 0. The highest BCUT2D eigenvalue weighted by atomic mass is 14.9. The zero-order chi connectivity index (χ0) is 10.0. The average molecular weight is 185 g/mol. The van der Waals surface area contributed by atoms with Crippen molar-refractivity contribution in [1.29, 1.82) is 0 Å². The first-order chi connectivity index (χ1) is 6.82. The minimum Gasteiger partial charge on any atom is -0.383 e. The fourth-order valence-corrected chi connectivity index (χ4v) is 2.20. The lowest BCUT2D eigenvalue weighted by Gasteiger charge is -2.25. The Morgan fingerprint density at radius 1 is 1.71 bits per heavy atom. The van der Waals surface area contributed by atoms with E-state index in [1.807, 2.05) is 12.2 Å². The van der Waals surface area contributed by atoms with Crippen LogP contribution in [0.15, 0.2) is 47.5 Å². The van der Waals surface area contributed by atoms with Crippen molar-refractivity contribution in [3.63, 3.8) is 0 Å². The maximum atomic E-state index is 3.84. The Labute approximate surface area is 85.2 Å². The SMILES string of the molecule is C=CCC1(CC)CNC2=CC=C=C=C21. The molecule has 1 heterocycles. The van der Waals surface area contributed by atoms with Crippen molar-refractivity contribution >= 4 is 0 Å². The molecule has 2 aliphatic rings. The molecule has 0 aromatic rings. The Bertz CT molecular complexity index is 387. The fraction of sp³-hybridized carbons (Fsp3) is 0.385. The third kappa shape index (κ3) is 1.19. The molecule has 0 spiro atoms. The van der Waals surface area contributed by atoms with Crippen LogP contribution in [0.2, 0.25) is 0 Å². The van der Waals surface area contributed by atoms with Gasteiger partial charge in [0.25, 0.3) is 0 Å². The minimum absolute atomic E-state index is 0.203. The minimum atomic E-state index is 0.203. The van der Waals surface area contributed by atoms with Crippen molar-refractivity contribution in [3.8, 4) is 0 Å². The summed E-state index contributed by atoms with van der Waals surface area (Å²) in [5.74, 6) is 0. The molecule has 0 aromatic heterocycles. The molecule has 2 rings (SSSR count). The van der Waals surface area contributed by atoms with Crippen LogP contribution in [-0.2, 0) is 0 Å². The van der Waals surface area contributed by atoms with Gasteiger partial charge in [-0.05, 0) is 25.0 Å². The van der Waals surface area contributed by atoms with Crippen LogP contribution in [-0.4, -0.2) is 6.54 Å². The fourth-order valence-electron chi connectivity index (χ4n) is 2.20. The molecule has 0 bridgehead atoms. The molecule has 1 atom stereocenters. The Balaban J connectivity index is 2.46. The molecule has 72 valence electrons. The topological polar surface area (TPSA) is 12.0 Å². The second-order valence-corrected chi connectivity index (χ2v) is 3.87. The van der Waals surface area contributed by atoms with Crippen LogP contribution >= 0.6 is 0 Å². The van der Waals surface area contributed by atoms with Crippen LogP contribution in [0.1, 0.15) is 19.8 Å². The van der Waals surface area contributed by atoms with E-state index in [0.717, 1.165) is 19.4 Å². The Morgan fingerprint density at radius 3 is 3.29 bits per heavy atom. The van der Waals surface area contributed by atoms with E-state index in [9.17, 15) is 0 Å². The molecule has 0 aromatic carbocycles. The largest absolute Gasteiger partial charge is 0.383 e. The number of hydrogen-bond acceptors (Lipinski definition) is 1. The predicted molar refractivity (Wildman–Crippen MR) is 58.7 cm³/mol. The van der Waals surface area contributed by atoms with Gasteiger partial charge in [0.1, 0.15) is 0 Å². The number of hydrogen-bond donors (Lipinski definition) is 1. The summed E-state index contributed by atoms with van der Waals surface area (Å²) in [7, 11) is 0. The van der Waals surface area contributed by atoms with Crippen LogP contribution in [0.5, 0.6) is 0 Å². The predicted octanol–water partition coefficient (Wildman–Crippen LogP) is 2.70. The van der Waals surface area contributed by atoms with Crippen LogP contribution in [0.3, 0.4) is 0 Å². The summed E-state index contributed by atoms with van der Waals surface area (Å²) >= 11 is 0. The Hall–Kier alpha value is -1.42. The second-order valence-electron chi connectivity index (χ2n) is 3.87. The molecule has 1 heteroatoms. The first-order valence-corrected chi connectivity index (χ1v) is 5.10. The zero-order valence-electron chi connectivity index (χ0n) is 8.56. The van der Waals surface area contributed by atoms with E-state index in [-0.39, 0.29) is 5.41 Å². The maximum absolute atomic E-state index is 3.84. The number of rotatable bonds is 3. The van der Waals surface area contributed by atoms with Gasteiger partial charge in [-0.1, -0.05) is 24.5 Å². The second kappa shape index (κ2) is 3.38. The van der Waals surface area contributed by atoms with Gasteiger partial charge in [0.15, 0.2) is 0 Å². The lowest BCUT2D eigenvalue weighted by atomic mass is 9.76. The third-order valence-corrected chi connectivity index (χ3v) is 3.16. The molecule has 0 saturated carbocycles. The molecule has 1 nitrogen and oxygen atoms in total. The van der Waals surface area contributed by atoms with Gasteiger partial charge in [-0.15, -0.1) is 6.58 Å². The van der Waals surface area contributed by atoms with Crippen molar-refractivity contribution in [2.75, 3.05) is 6.54 Å². The van der Waals surface area contributed by atoms with E-state index in [4.69, 9.17) is 0 Å². The smallest absolute Gasteiger partial charge is 0.0471 e. The van der Waals surface area contributed by atoms with Gasteiger partial charge in [0.2, 0.25) is 0 Å². The van der Waals surface area contributed by atoms with Crippen molar-refractivity contribution in [2.24, 2.45) is 5.41 Å². The lowest BCUT2D eigenvalue weighted by molar-refractivity contribution is 0.381. The van der Waals surface area contributed by atoms with E-state index in [2.05, 4.69) is 36.4 Å².